The molecule has 502 valence electrons. The zero-order valence-corrected chi connectivity index (χ0v) is 56.4. The Labute approximate surface area is 566 Å². The average Bonchev–Trinajstić information content (AvgIpc) is 1.58. The van der Waals surface area contributed by atoms with Gasteiger partial charge in [0.1, 0.15) is 39.9 Å². The third kappa shape index (κ3) is 16.2. The van der Waals surface area contributed by atoms with Crippen LogP contribution in [0, 0.1) is 26.7 Å². The molecular weight excluding hydrogens is 1220 g/mol. The zero-order chi connectivity index (χ0) is 68.3. The van der Waals surface area contributed by atoms with Crippen molar-refractivity contribution in [3.05, 3.63) is 223 Å². The molecule has 1 aliphatic rings. The van der Waals surface area contributed by atoms with E-state index in [0.29, 0.717) is 63.1 Å². The molecule has 0 unspecified atom stereocenters. The highest BCUT2D eigenvalue weighted by molar-refractivity contribution is 5.73. The predicted molar refractivity (Wildman–Crippen MR) is 381 cm³/mol. The van der Waals surface area contributed by atoms with Crippen LogP contribution in [0.3, 0.4) is 0 Å². The fraction of sp³-hybridized carbons (Fsp3) is 0.280. The molecule has 22 nitrogen and oxygen atoms in total. The van der Waals surface area contributed by atoms with E-state index in [-0.39, 0.29) is 33.0 Å². The van der Waals surface area contributed by atoms with E-state index in [0.717, 1.165) is 106 Å². The third-order valence-corrected chi connectivity index (χ3v) is 16.5. The third-order valence-electron chi connectivity index (χ3n) is 16.5. The lowest BCUT2D eigenvalue weighted by Crippen LogP contribution is -2.20. The minimum Gasteiger partial charge on any atom is -0.496 e. The summed E-state index contributed by atoms with van der Waals surface area (Å²) < 4.78 is 27.6. The van der Waals surface area contributed by atoms with Gasteiger partial charge in [0.15, 0.2) is 17.3 Å². The Morgan fingerprint density at radius 3 is 1.33 bits per heavy atom. The average molecular weight is 1310 g/mol. The Morgan fingerprint density at radius 1 is 0.495 bits per heavy atom. The summed E-state index contributed by atoms with van der Waals surface area (Å²) in [5, 5.41) is 22.3. The summed E-state index contributed by atoms with van der Waals surface area (Å²) in [4.78, 5) is 64.3. The number of pyridine rings is 3. The van der Waals surface area contributed by atoms with Gasteiger partial charge in [-0.25, -0.2) is 15.0 Å². The summed E-state index contributed by atoms with van der Waals surface area (Å²) in [6, 6.07) is 38.2. The molecule has 9 aromatic heterocycles. The molecule has 0 amide bonds. The van der Waals surface area contributed by atoms with Gasteiger partial charge in [0, 0.05) is 131 Å². The molecule has 0 bridgehead atoms. The highest BCUT2D eigenvalue weighted by Crippen LogP contribution is 2.36. The number of ether oxygens (including phenoxy) is 1. The van der Waals surface area contributed by atoms with Crippen LogP contribution < -0.4 is 37.4 Å². The summed E-state index contributed by atoms with van der Waals surface area (Å²) >= 11 is 0. The van der Waals surface area contributed by atoms with E-state index in [2.05, 4.69) is 77.6 Å². The monoisotopic (exact) mass is 1310 g/mol. The summed E-state index contributed by atoms with van der Waals surface area (Å²) in [7, 11) is 5.47. The van der Waals surface area contributed by atoms with Gasteiger partial charge in [-0.1, -0.05) is 77.0 Å². The molecule has 3 N–H and O–H groups in total. The molecule has 97 heavy (non-hydrogen) atoms. The highest BCUT2D eigenvalue weighted by Gasteiger charge is 2.24. The fourth-order valence-corrected chi connectivity index (χ4v) is 10.9. The Kier molecular flexibility index (Phi) is 21.3. The van der Waals surface area contributed by atoms with Crippen molar-refractivity contribution in [2.24, 2.45) is 5.92 Å². The second-order valence-electron chi connectivity index (χ2n) is 24.4. The number of rotatable bonds is 21. The molecular formula is C75H85N15O7. The number of hydrogen-bond donors (Lipinski definition) is 3. The number of hydrogen-bond acceptors (Lipinski definition) is 19. The second kappa shape index (κ2) is 30.6. The lowest BCUT2D eigenvalue weighted by atomic mass is 10.1. The first-order chi connectivity index (χ1) is 47.0. The van der Waals surface area contributed by atoms with Gasteiger partial charge in [0.2, 0.25) is 0 Å². The quantitative estimate of drug-likeness (QED) is 0.0603. The van der Waals surface area contributed by atoms with Gasteiger partial charge in [0.05, 0.1) is 59.9 Å². The van der Waals surface area contributed by atoms with Crippen LogP contribution in [-0.4, -0.2) is 86.8 Å². The van der Waals surface area contributed by atoms with E-state index in [4.69, 9.17) is 33.3 Å². The van der Waals surface area contributed by atoms with E-state index >= 15 is 0 Å². The van der Waals surface area contributed by atoms with E-state index in [1.165, 1.54) is 24.0 Å². The Bertz CT molecular complexity index is 4900. The molecule has 1 fully saturated rings. The van der Waals surface area contributed by atoms with Crippen LogP contribution in [0.15, 0.2) is 186 Å². The molecule has 22 heteroatoms. The zero-order valence-electron chi connectivity index (χ0n) is 56.4. The largest absolute Gasteiger partial charge is 0.496 e. The fourth-order valence-electron chi connectivity index (χ4n) is 10.9. The first-order valence-corrected chi connectivity index (χ1v) is 32.4. The maximum absolute atomic E-state index is 12.2. The summed E-state index contributed by atoms with van der Waals surface area (Å²) in [5.41, 5.74) is 17.0. The minimum absolute atomic E-state index is 0. The maximum Gasteiger partial charge on any atom is 0.250 e. The summed E-state index contributed by atoms with van der Waals surface area (Å²) in [6.07, 6.45) is 13.0. The predicted octanol–water partition coefficient (Wildman–Crippen LogP) is 13.7. The molecule has 0 saturated heterocycles. The van der Waals surface area contributed by atoms with Crippen molar-refractivity contribution in [2.45, 2.75) is 106 Å². The van der Waals surface area contributed by atoms with E-state index in [1.54, 1.807) is 82.0 Å². The van der Waals surface area contributed by atoms with Gasteiger partial charge in [-0.3, -0.25) is 29.3 Å². The Hall–Kier alpha value is -10.9. The molecule has 0 radical (unpaired) electrons. The molecule has 1 saturated carbocycles. The van der Waals surface area contributed by atoms with Crippen molar-refractivity contribution in [3.8, 4) is 108 Å². The van der Waals surface area contributed by atoms with E-state index in [1.807, 2.05) is 136 Å². The number of aromatic nitrogens is 12. The number of nitrogens with one attached hydrogen (secondary N) is 3. The number of aryl methyl sites for hydroxylation is 3. The standard InChI is InChI=1S/C25H27N5O3.C25H25N5O2.C25H27N5O2.3H2/c1-15(2)30-14-18(7-9-24(30)31)21-13-27-16(3)25(28-21)23-11-20(29-33-23)19-8-6-17(12-26-4)10-22(19)32-5;1-16-25(23-11-21(29-32-23)19-7-5-17(6-8-19)12-26-2)28-22(13-27-16)20-9-10-24(31)30(15-20)14-18-3-4-18;1-5-26-13-18-6-8-19(9-7-18)21-12-23(32-29-21)25-17(4)27-14-22(28-25)20-10-11-24(31)30(15-20)16(2)3;;;/h6-11,13-15,26H,12H2,1-5H3;5-11,13,15,18,26H,3-4,12,14H2,1-2H3;6-12,14-16,26H,5,13H2,1-4H3;3*1H. The molecule has 3 aromatic carbocycles. The van der Waals surface area contributed by atoms with Crippen LogP contribution in [-0.2, 0) is 26.2 Å². The molecule has 12 aromatic rings. The van der Waals surface area contributed by atoms with Crippen LogP contribution in [0.4, 0.5) is 0 Å². The van der Waals surface area contributed by atoms with Gasteiger partial charge in [-0.05, 0) is 135 Å². The van der Waals surface area contributed by atoms with Crippen LogP contribution in [0.5, 0.6) is 5.75 Å². The Balaban J connectivity index is 0.000000188. The first kappa shape index (κ1) is 67.5. The van der Waals surface area contributed by atoms with Crippen molar-refractivity contribution in [1.29, 1.82) is 0 Å². The van der Waals surface area contributed by atoms with Crippen LogP contribution in [0.1, 0.15) is 97.6 Å². The van der Waals surface area contributed by atoms with Gasteiger partial charge >= 0.3 is 0 Å². The second-order valence-corrected chi connectivity index (χ2v) is 24.4. The van der Waals surface area contributed by atoms with E-state index < -0.39 is 0 Å². The van der Waals surface area contributed by atoms with Gasteiger partial charge in [-0.15, -0.1) is 0 Å². The molecule has 0 spiro atoms. The number of benzene rings is 3. The van der Waals surface area contributed by atoms with Crippen LogP contribution >= 0.6 is 0 Å². The lowest BCUT2D eigenvalue weighted by molar-refractivity contribution is 0.413. The van der Waals surface area contributed by atoms with Crippen molar-refractivity contribution in [1.82, 2.24) is 75.0 Å². The Morgan fingerprint density at radius 2 is 0.897 bits per heavy atom. The minimum atomic E-state index is -0.0522. The molecule has 13 rings (SSSR count). The van der Waals surface area contributed by atoms with Gasteiger partial charge in [0.25, 0.3) is 16.7 Å². The van der Waals surface area contributed by atoms with E-state index in [9.17, 15) is 14.4 Å². The number of methoxy groups -OCH3 is 1. The normalized spacial score (nSPS) is 12.0. The topological polar surface area (TPSA) is 267 Å². The van der Waals surface area contributed by atoms with Crippen molar-refractivity contribution in [3.63, 3.8) is 0 Å². The van der Waals surface area contributed by atoms with Gasteiger partial charge < -0.3 is 48.0 Å². The SMILES string of the molecule is CCNCc1ccc(-c2cc(-c3nc(-c4ccc(=O)n(C(C)C)c4)cnc3C)on2)cc1.CNCc1ccc(-c2cc(-c3nc(-c4ccc(=O)n(C(C)C)c4)cnc3C)on2)c(OC)c1.CNCc1ccc(-c2cc(-c3nc(-c4ccc(=O)n(CC5CC5)c4)cnc3C)on2)cc1.[HH].[HH].[HH]. The van der Waals surface area contributed by atoms with Crippen molar-refractivity contribution < 1.29 is 22.6 Å². The van der Waals surface area contributed by atoms with Crippen molar-refractivity contribution in [2.75, 3.05) is 27.7 Å². The smallest absolute Gasteiger partial charge is 0.250 e. The van der Waals surface area contributed by atoms with Gasteiger partial charge in [-0.2, -0.15) is 0 Å². The maximum atomic E-state index is 12.2. The lowest BCUT2D eigenvalue weighted by Gasteiger charge is -2.11. The van der Waals surface area contributed by atoms with Crippen molar-refractivity contribution >= 4 is 0 Å². The van der Waals surface area contributed by atoms with Crippen LogP contribution in [0.2, 0.25) is 0 Å². The molecule has 0 atom stereocenters. The number of nitrogens with zero attached hydrogens (tertiary/aromatic N) is 12. The molecule has 9 heterocycles. The molecule has 1 aliphatic carbocycles. The first-order valence-electron chi connectivity index (χ1n) is 32.4. The summed E-state index contributed by atoms with van der Waals surface area (Å²) in [5.74, 6) is 2.96. The van der Waals surface area contributed by atoms with Crippen LogP contribution in [0.25, 0.3) is 102 Å². The highest BCUT2D eigenvalue weighted by atomic mass is 16.5. The molecule has 0 aliphatic heterocycles. The summed E-state index contributed by atoms with van der Waals surface area (Å²) in [6.45, 7) is 19.7.